The van der Waals surface area contributed by atoms with Crippen molar-refractivity contribution in [1.29, 1.82) is 0 Å². The number of rotatable bonds is 7. The lowest BCUT2D eigenvalue weighted by Crippen LogP contribution is -2.37. The summed E-state index contributed by atoms with van der Waals surface area (Å²) < 4.78 is 11.1. The van der Waals surface area contributed by atoms with Crippen LogP contribution in [0.4, 0.5) is 5.69 Å². The van der Waals surface area contributed by atoms with Crippen molar-refractivity contribution in [1.82, 2.24) is 9.88 Å². The molecule has 1 aromatic carbocycles. The zero-order chi connectivity index (χ0) is 20.1. The largest absolute Gasteiger partial charge is 0.491 e. The molecule has 1 fully saturated rings. The third-order valence-electron chi connectivity index (χ3n) is 5.38. The van der Waals surface area contributed by atoms with E-state index in [1.807, 2.05) is 18.2 Å². The number of nitrogens with zero attached hydrogens (tertiary/aromatic N) is 2. The highest BCUT2D eigenvalue weighted by molar-refractivity contribution is 5.89. The van der Waals surface area contributed by atoms with Crippen LogP contribution in [-0.2, 0) is 11.2 Å². The second-order valence-electron chi connectivity index (χ2n) is 7.41. The highest BCUT2D eigenvalue weighted by Crippen LogP contribution is 2.29. The predicted octanol–water partition coefficient (Wildman–Crippen LogP) is 2.91. The summed E-state index contributed by atoms with van der Waals surface area (Å²) in [6.07, 6.45) is 3.02. The van der Waals surface area contributed by atoms with E-state index < -0.39 is 5.97 Å². The van der Waals surface area contributed by atoms with Crippen molar-refractivity contribution in [3.63, 3.8) is 0 Å². The molecule has 0 spiro atoms. The highest BCUT2D eigenvalue weighted by atomic mass is 16.5. The fourth-order valence-electron chi connectivity index (χ4n) is 3.79. The molecular formula is C22H27N3O4. The summed E-state index contributed by atoms with van der Waals surface area (Å²) >= 11 is 0. The Kier molecular flexibility index (Phi) is 6.27. The van der Waals surface area contributed by atoms with E-state index in [-0.39, 0.29) is 5.69 Å². The lowest BCUT2D eigenvalue weighted by molar-refractivity contribution is 0.0357. The highest BCUT2D eigenvalue weighted by Gasteiger charge is 2.17. The maximum atomic E-state index is 11.7. The molecule has 3 heterocycles. The van der Waals surface area contributed by atoms with Crippen LogP contribution in [0.2, 0.25) is 0 Å². The van der Waals surface area contributed by atoms with Gasteiger partial charge in [0.15, 0.2) is 11.4 Å². The van der Waals surface area contributed by atoms with E-state index in [2.05, 4.69) is 21.3 Å². The Hall–Kier alpha value is -2.64. The number of aryl methyl sites for hydroxylation is 1. The number of fused-ring (bicyclic) bond motifs is 1. The van der Waals surface area contributed by atoms with Crippen molar-refractivity contribution in [2.45, 2.75) is 19.3 Å². The first kappa shape index (κ1) is 19.7. The van der Waals surface area contributed by atoms with Crippen LogP contribution in [0.15, 0.2) is 30.3 Å². The van der Waals surface area contributed by atoms with E-state index >= 15 is 0 Å². The van der Waals surface area contributed by atoms with Crippen molar-refractivity contribution in [3.05, 3.63) is 41.6 Å². The van der Waals surface area contributed by atoms with Crippen molar-refractivity contribution >= 4 is 11.7 Å². The monoisotopic (exact) mass is 397 g/mol. The minimum atomic E-state index is -1.08. The van der Waals surface area contributed by atoms with Crippen LogP contribution in [0, 0.1) is 0 Å². The molecule has 1 aromatic heterocycles. The van der Waals surface area contributed by atoms with Crippen molar-refractivity contribution in [2.24, 2.45) is 0 Å². The van der Waals surface area contributed by atoms with E-state index in [9.17, 15) is 9.90 Å². The first-order chi connectivity index (χ1) is 14.2. The molecule has 0 amide bonds. The smallest absolute Gasteiger partial charge is 0.358 e. The molecule has 0 atom stereocenters. The Balaban J connectivity index is 1.43. The molecule has 0 radical (unpaired) electrons. The van der Waals surface area contributed by atoms with Crippen molar-refractivity contribution in [3.8, 4) is 17.0 Å². The molecule has 1 saturated heterocycles. The first-order valence-electron chi connectivity index (χ1n) is 10.2. The van der Waals surface area contributed by atoms with Crippen LogP contribution in [0.3, 0.4) is 0 Å². The van der Waals surface area contributed by atoms with E-state index in [1.54, 1.807) is 6.07 Å². The molecule has 0 unspecified atom stereocenters. The van der Waals surface area contributed by atoms with Gasteiger partial charge < -0.3 is 19.9 Å². The van der Waals surface area contributed by atoms with E-state index in [0.29, 0.717) is 18.1 Å². The summed E-state index contributed by atoms with van der Waals surface area (Å²) in [6, 6.07) is 9.69. The van der Waals surface area contributed by atoms with Crippen molar-refractivity contribution in [2.75, 3.05) is 51.3 Å². The van der Waals surface area contributed by atoms with Gasteiger partial charge in [-0.2, -0.15) is 0 Å². The van der Waals surface area contributed by atoms with Gasteiger partial charge in [0.05, 0.1) is 25.5 Å². The van der Waals surface area contributed by atoms with Gasteiger partial charge in [-0.05, 0) is 43.0 Å². The number of anilines is 1. The third-order valence-corrected chi connectivity index (χ3v) is 5.38. The lowest BCUT2D eigenvalue weighted by atomic mass is 10.00. The van der Waals surface area contributed by atoms with Gasteiger partial charge in [-0.15, -0.1) is 0 Å². The Morgan fingerprint density at radius 2 is 2.10 bits per heavy atom. The zero-order valence-electron chi connectivity index (χ0n) is 16.5. The first-order valence-corrected chi connectivity index (χ1v) is 10.2. The van der Waals surface area contributed by atoms with Crippen LogP contribution < -0.4 is 10.1 Å². The second-order valence-corrected chi connectivity index (χ2v) is 7.41. The van der Waals surface area contributed by atoms with E-state index in [0.717, 1.165) is 69.9 Å². The number of aromatic carboxylic acids is 1. The number of morpholine rings is 1. The number of carboxylic acid groups (broad SMARTS) is 1. The van der Waals surface area contributed by atoms with E-state index in [1.165, 1.54) is 5.56 Å². The van der Waals surface area contributed by atoms with Crippen LogP contribution >= 0.6 is 0 Å². The number of carboxylic acids is 1. The summed E-state index contributed by atoms with van der Waals surface area (Å²) in [4.78, 5) is 18.5. The lowest BCUT2D eigenvalue weighted by Gasteiger charge is -2.26. The quantitative estimate of drug-likeness (QED) is 0.695. The van der Waals surface area contributed by atoms with Crippen LogP contribution in [0.1, 0.15) is 28.9 Å². The molecule has 154 valence electrons. The number of pyridine rings is 1. The van der Waals surface area contributed by atoms with Gasteiger partial charge in [0.1, 0.15) is 0 Å². The maximum absolute atomic E-state index is 11.7. The number of hydrogen-bond acceptors (Lipinski definition) is 6. The van der Waals surface area contributed by atoms with Gasteiger partial charge in [-0.1, -0.05) is 12.1 Å². The number of ether oxygens (including phenoxy) is 2. The Morgan fingerprint density at radius 1 is 1.24 bits per heavy atom. The average Bonchev–Trinajstić information content (AvgIpc) is 2.77. The fraction of sp³-hybridized carbons (Fsp3) is 0.455. The molecule has 7 heteroatoms. The Labute approximate surface area is 170 Å². The van der Waals surface area contributed by atoms with Gasteiger partial charge in [-0.25, -0.2) is 9.78 Å². The van der Waals surface area contributed by atoms with Gasteiger partial charge in [-0.3, -0.25) is 4.90 Å². The SMILES string of the molecule is O=C(O)c1nc(-c2ccc3c(c2)NCCC3)ccc1OCCCN1CCOCC1. The molecule has 4 rings (SSSR count). The van der Waals surface area contributed by atoms with Crippen LogP contribution in [0.25, 0.3) is 11.3 Å². The number of carbonyl (C=O) groups is 1. The topological polar surface area (TPSA) is 83.9 Å². The summed E-state index contributed by atoms with van der Waals surface area (Å²) in [7, 11) is 0. The number of hydrogen-bond donors (Lipinski definition) is 2. The van der Waals surface area contributed by atoms with Crippen LogP contribution in [-0.4, -0.2) is 67.0 Å². The summed E-state index contributed by atoms with van der Waals surface area (Å²) in [5.41, 5.74) is 3.90. The van der Waals surface area contributed by atoms with Gasteiger partial charge >= 0.3 is 5.97 Å². The van der Waals surface area contributed by atoms with Gasteiger partial charge in [0.2, 0.25) is 0 Å². The van der Waals surface area contributed by atoms with E-state index in [4.69, 9.17) is 9.47 Å². The normalized spacial score (nSPS) is 16.7. The maximum Gasteiger partial charge on any atom is 0.358 e. The summed E-state index contributed by atoms with van der Waals surface area (Å²) in [6.45, 7) is 5.75. The standard InChI is InChI=1S/C22H27N3O4/c26-22(27)21-20(29-12-2-9-25-10-13-28-14-11-25)7-6-18(24-21)17-5-4-16-3-1-8-23-19(16)15-17/h4-7,15,23H,1-3,8-14H2,(H,26,27). The minimum Gasteiger partial charge on any atom is -0.491 e. The Bertz CT molecular complexity index is 865. The summed E-state index contributed by atoms with van der Waals surface area (Å²) in [5, 5.41) is 13.0. The molecule has 0 bridgehead atoms. The minimum absolute atomic E-state index is 0.0421. The number of aromatic nitrogens is 1. The molecule has 2 aromatic rings. The summed E-state index contributed by atoms with van der Waals surface area (Å²) in [5.74, 6) is -0.759. The molecule has 2 N–H and O–H groups in total. The fourth-order valence-corrected chi connectivity index (χ4v) is 3.79. The molecule has 2 aliphatic rings. The molecule has 0 saturated carbocycles. The van der Waals surface area contributed by atoms with Gasteiger partial charge in [0, 0.05) is 37.4 Å². The molecule has 7 nitrogen and oxygen atoms in total. The Morgan fingerprint density at radius 3 is 2.93 bits per heavy atom. The predicted molar refractivity (Wildman–Crippen MR) is 111 cm³/mol. The van der Waals surface area contributed by atoms with Crippen LogP contribution in [0.5, 0.6) is 5.75 Å². The molecular weight excluding hydrogens is 370 g/mol. The molecule has 0 aliphatic carbocycles. The third kappa shape index (κ3) is 4.86. The zero-order valence-corrected chi connectivity index (χ0v) is 16.5. The number of nitrogens with one attached hydrogen (secondary N) is 1. The van der Waals surface area contributed by atoms with Gasteiger partial charge in [0.25, 0.3) is 0 Å². The molecule has 2 aliphatic heterocycles. The number of benzene rings is 1. The average molecular weight is 397 g/mol. The van der Waals surface area contributed by atoms with Crippen molar-refractivity contribution < 1.29 is 19.4 Å². The second kappa shape index (κ2) is 9.24. The molecule has 29 heavy (non-hydrogen) atoms.